The van der Waals surface area contributed by atoms with Crippen LogP contribution in [-0.2, 0) is 20.7 Å². The number of amides is 2. The summed E-state index contributed by atoms with van der Waals surface area (Å²) in [7, 11) is 1.55. The first-order chi connectivity index (χ1) is 9.13. The minimum atomic E-state index is -0.244. The summed E-state index contributed by atoms with van der Waals surface area (Å²) in [4.78, 5) is 23.0. The third kappa shape index (κ3) is 5.87. The highest BCUT2D eigenvalue weighted by atomic mass is 16.5. The molecule has 1 rings (SSSR count). The number of hydrogen-bond donors (Lipinski definition) is 3. The Morgan fingerprint density at radius 3 is 2.63 bits per heavy atom. The van der Waals surface area contributed by atoms with Gasteiger partial charge in [0.2, 0.25) is 11.8 Å². The fourth-order valence-electron chi connectivity index (χ4n) is 1.46. The number of nitrogen functional groups attached to an aromatic ring is 1. The Hall–Kier alpha value is -2.08. The second-order valence-electron chi connectivity index (χ2n) is 4.00. The van der Waals surface area contributed by atoms with Crippen LogP contribution in [0, 0.1) is 0 Å². The highest BCUT2D eigenvalue weighted by Crippen LogP contribution is 2.10. The van der Waals surface area contributed by atoms with Gasteiger partial charge in [-0.2, -0.15) is 0 Å². The van der Waals surface area contributed by atoms with Crippen LogP contribution < -0.4 is 16.4 Å². The molecule has 1 aromatic carbocycles. The zero-order valence-corrected chi connectivity index (χ0v) is 10.9. The molecule has 104 valence electrons. The quantitative estimate of drug-likeness (QED) is 0.465. The molecule has 0 aliphatic rings. The maximum absolute atomic E-state index is 11.6. The molecule has 0 heterocycles. The van der Waals surface area contributed by atoms with Crippen LogP contribution in [0.15, 0.2) is 24.3 Å². The Morgan fingerprint density at radius 1 is 1.21 bits per heavy atom. The van der Waals surface area contributed by atoms with Crippen molar-refractivity contribution in [3.63, 3.8) is 0 Å². The van der Waals surface area contributed by atoms with Crippen molar-refractivity contribution in [1.29, 1.82) is 0 Å². The van der Waals surface area contributed by atoms with E-state index in [9.17, 15) is 9.59 Å². The number of nitrogens with one attached hydrogen (secondary N) is 2. The van der Waals surface area contributed by atoms with Crippen LogP contribution in [0.2, 0.25) is 0 Å². The fraction of sp³-hybridized carbons (Fsp3) is 0.385. The molecule has 0 saturated heterocycles. The summed E-state index contributed by atoms with van der Waals surface area (Å²) in [6.07, 6.45) is 0.165. The first-order valence-corrected chi connectivity index (χ1v) is 5.99. The topological polar surface area (TPSA) is 93.5 Å². The van der Waals surface area contributed by atoms with Gasteiger partial charge in [0, 0.05) is 19.3 Å². The van der Waals surface area contributed by atoms with E-state index in [0.717, 1.165) is 5.56 Å². The number of hydrogen-bond acceptors (Lipinski definition) is 4. The molecule has 0 radical (unpaired) electrons. The van der Waals surface area contributed by atoms with Gasteiger partial charge in [0.15, 0.2) is 0 Å². The molecule has 0 atom stereocenters. The Labute approximate surface area is 112 Å². The smallest absolute Gasteiger partial charge is 0.239 e. The molecule has 4 N–H and O–H groups in total. The van der Waals surface area contributed by atoms with Gasteiger partial charge in [0.05, 0.1) is 19.6 Å². The molecule has 0 bridgehead atoms. The number of ether oxygens (including phenoxy) is 1. The molecule has 0 saturated carbocycles. The summed E-state index contributed by atoms with van der Waals surface area (Å²) in [5.41, 5.74) is 7.05. The minimum Gasteiger partial charge on any atom is -0.398 e. The van der Waals surface area contributed by atoms with E-state index < -0.39 is 0 Å². The van der Waals surface area contributed by atoms with Gasteiger partial charge >= 0.3 is 0 Å². The second-order valence-corrected chi connectivity index (χ2v) is 4.00. The zero-order valence-electron chi connectivity index (χ0n) is 10.9. The number of methoxy groups -OCH3 is 1. The zero-order chi connectivity index (χ0) is 14.1. The van der Waals surface area contributed by atoms with Crippen molar-refractivity contribution in [2.45, 2.75) is 6.42 Å². The van der Waals surface area contributed by atoms with Crippen LogP contribution in [0.3, 0.4) is 0 Å². The van der Waals surface area contributed by atoms with E-state index in [-0.39, 0.29) is 24.8 Å². The normalized spacial score (nSPS) is 9.95. The number of para-hydroxylation sites is 1. The van der Waals surface area contributed by atoms with Gasteiger partial charge in [-0.15, -0.1) is 0 Å². The fourth-order valence-corrected chi connectivity index (χ4v) is 1.46. The molecule has 0 spiro atoms. The Bertz CT molecular complexity index is 435. The standard InChI is InChI=1S/C13H19N3O3/c1-19-7-6-15-13(18)9-16-12(17)8-10-4-2-3-5-11(10)14/h2-5H,6-9,14H2,1H3,(H,15,18)(H,16,17). The van der Waals surface area contributed by atoms with E-state index in [0.29, 0.717) is 18.8 Å². The molecule has 2 amide bonds. The molecule has 6 heteroatoms. The average Bonchev–Trinajstić information content (AvgIpc) is 2.39. The van der Waals surface area contributed by atoms with Gasteiger partial charge < -0.3 is 21.1 Å². The molecule has 0 fully saturated rings. The number of anilines is 1. The van der Waals surface area contributed by atoms with Crippen molar-refractivity contribution in [3.8, 4) is 0 Å². The second kappa shape index (κ2) is 8.10. The first kappa shape index (κ1) is 15.0. The first-order valence-electron chi connectivity index (χ1n) is 5.99. The summed E-state index contributed by atoms with van der Waals surface area (Å²) >= 11 is 0. The summed E-state index contributed by atoms with van der Waals surface area (Å²) in [5, 5.41) is 5.15. The highest BCUT2D eigenvalue weighted by molar-refractivity contribution is 5.86. The number of nitrogens with two attached hydrogens (primary N) is 1. The van der Waals surface area contributed by atoms with Gasteiger partial charge in [-0.3, -0.25) is 9.59 Å². The summed E-state index contributed by atoms with van der Waals surface area (Å²) in [6, 6.07) is 7.14. The largest absolute Gasteiger partial charge is 0.398 e. The van der Waals surface area contributed by atoms with E-state index in [1.807, 2.05) is 6.07 Å². The molecule has 0 aliphatic heterocycles. The highest BCUT2D eigenvalue weighted by Gasteiger charge is 2.07. The minimum absolute atomic E-state index is 0.0463. The van der Waals surface area contributed by atoms with Gasteiger partial charge in [-0.05, 0) is 11.6 Å². The number of benzene rings is 1. The van der Waals surface area contributed by atoms with Gasteiger partial charge in [-0.25, -0.2) is 0 Å². The van der Waals surface area contributed by atoms with Crippen LogP contribution in [0.5, 0.6) is 0 Å². The van der Waals surface area contributed by atoms with Crippen LogP contribution >= 0.6 is 0 Å². The lowest BCUT2D eigenvalue weighted by molar-refractivity contribution is -0.125. The maximum Gasteiger partial charge on any atom is 0.239 e. The van der Waals surface area contributed by atoms with Crippen molar-refractivity contribution in [2.75, 3.05) is 32.5 Å². The van der Waals surface area contributed by atoms with E-state index in [1.54, 1.807) is 25.3 Å². The molecule has 0 aliphatic carbocycles. The van der Waals surface area contributed by atoms with Crippen molar-refractivity contribution in [2.24, 2.45) is 0 Å². The SMILES string of the molecule is COCCNC(=O)CNC(=O)Cc1ccccc1N. The van der Waals surface area contributed by atoms with Crippen LogP contribution in [-0.4, -0.2) is 38.6 Å². The molecular formula is C13H19N3O3. The van der Waals surface area contributed by atoms with E-state index in [1.165, 1.54) is 0 Å². The third-order valence-corrected chi connectivity index (χ3v) is 2.48. The lowest BCUT2D eigenvalue weighted by Gasteiger charge is -2.07. The third-order valence-electron chi connectivity index (χ3n) is 2.48. The van der Waals surface area contributed by atoms with Gasteiger partial charge in [-0.1, -0.05) is 18.2 Å². The predicted octanol–water partition coefficient (Wildman–Crippen LogP) is -0.310. The molecule has 1 aromatic rings. The van der Waals surface area contributed by atoms with Crippen molar-refractivity contribution in [3.05, 3.63) is 29.8 Å². The van der Waals surface area contributed by atoms with Gasteiger partial charge in [0.25, 0.3) is 0 Å². The molecule has 0 unspecified atom stereocenters. The predicted molar refractivity (Wildman–Crippen MR) is 72.5 cm³/mol. The summed E-state index contributed by atoms with van der Waals surface area (Å²) in [5.74, 6) is -0.480. The Kier molecular flexibility index (Phi) is 6.38. The van der Waals surface area contributed by atoms with Crippen molar-refractivity contribution < 1.29 is 14.3 Å². The van der Waals surface area contributed by atoms with E-state index in [2.05, 4.69) is 10.6 Å². The van der Waals surface area contributed by atoms with Crippen LogP contribution in [0.4, 0.5) is 5.69 Å². The van der Waals surface area contributed by atoms with E-state index in [4.69, 9.17) is 10.5 Å². The Morgan fingerprint density at radius 2 is 1.95 bits per heavy atom. The molecule has 19 heavy (non-hydrogen) atoms. The monoisotopic (exact) mass is 265 g/mol. The maximum atomic E-state index is 11.6. The average molecular weight is 265 g/mol. The lowest BCUT2D eigenvalue weighted by atomic mass is 10.1. The summed E-state index contributed by atoms with van der Waals surface area (Å²) in [6.45, 7) is 0.826. The Balaban J connectivity index is 2.28. The van der Waals surface area contributed by atoms with Crippen molar-refractivity contribution in [1.82, 2.24) is 10.6 Å². The van der Waals surface area contributed by atoms with Crippen LogP contribution in [0.1, 0.15) is 5.56 Å². The number of rotatable bonds is 7. The van der Waals surface area contributed by atoms with Gasteiger partial charge in [0.1, 0.15) is 0 Å². The molecule has 0 aromatic heterocycles. The number of carbonyl (C=O) groups excluding carboxylic acids is 2. The van der Waals surface area contributed by atoms with Crippen LogP contribution in [0.25, 0.3) is 0 Å². The molecule has 6 nitrogen and oxygen atoms in total. The van der Waals surface area contributed by atoms with Crippen molar-refractivity contribution >= 4 is 17.5 Å². The number of carbonyl (C=O) groups is 2. The molecular weight excluding hydrogens is 246 g/mol. The lowest BCUT2D eigenvalue weighted by Crippen LogP contribution is -2.38. The summed E-state index contributed by atoms with van der Waals surface area (Å²) < 4.78 is 4.79. The van der Waals surface area contributed by atoms with E-state index >= 15 is 0 Å².